The number of nitrogens with one attached hydrogen (secondary N) is 1. The lowest BCUT2D eigenvalue weighted by Crippen LogP contribution is -2.39. The van der Waals surface area contributed by atoms with Gasteiger partial charge < -0.3 is 29.0 Å². The molecular weight excluding hydrogens is 406 g/mol. The zero-order valence-electron chi connectivity index (χ0n) is 17.1. The normalized spacial score (nSPS) is 14.7. The van der Waals surface area contributed by atoms with Gasteiger partial charge in [-0.05, 0) is 35.0 Å². The molecule has 0 bridgehead atoms. The van der Waals surface area contributed by atoms with Gasteiger partial charge in [0.15, 0.2) is 23.0 Å². The fourth-order valence-corrected chi connectivity index (χ4v) is 3.35. The van der Waals surface area contributed by atoms with E-state index in [9.17, 15) is 0 Å². The van der Waals surface area contributed by atoms with Crippen molar-refractivity contribution < 1.29 is 23.7 Å². The molecule has 0 aliphatic carbocycles. The summed E-state index contributed by atoms with van der Waals surface area (Å²) >= 11 is 0. The Morgan fingerprint density at radius 2 is 1.60 bits per heavy atom. The van der Waals surface area contributed by atoms with Crippen LogP contribution in [0.3, 0.4) is 0 Å². The first-order chi connectivity index (χ1) is 14.3. The van der Waals surface area contributed by atoms with Gasteiger partial charge in [-0.15, -0.1) is 12.4 Å². The van der Waals surface area contributed by atoms with E-state index >= 15 is 0 Å². The minimum atomic E-state index is -0.0514. The minimum absolute atomic E-state index is 0. The van der Waals surface area contributed by atoms with Crippen LogP contribution in [0.15, 0.2) is 54.6 Å². The Balaban J connectivity index is 0.00000256. The Morgan fingerprint density at radius 1 is 0.933 bits per heavy atom. The van der Waals surface area contributed by atoms with Crippen LogP contribution in [0.2, 0.25) is 0 Å². The molecule has 7 heteroatoms. The van der Waals surface area contributed by atoms with E-state index in [0.29, 0.717) is 43.6 Å². The molecule has 0 saturated carbocycles. The predicted octanol–water partition coefficient (Wildman–Crippen LogP) is 4.09. The van der Waals surface area contributed by atoms with Crippen molar-refractivity contribution in [3.63, 3.8) is 0 Å². The maximum absolute atomic E-state index is 6.11. The Morgan fingerprint density at radius 3 is 2.27 bits per heavy atom. The summed E-state index contributed by atoms with van der Waals surface area (Å²) in [5.74, 6) is 3.50. The SMILES string of the molecule is COc1cccc(OC)c1OCCNC[C@H]1COc2cc3ccccc3cc2O1.Cl. The summed E-state index contributed by atoms with van der Waals surface area (Å²) in [6, 6.07) is 17.8. The summed E-state index contributed by atoms with van der Waals surface area (Å²) < 4.78 is 28.6. The van der Waals surface area contributed by atoms with E-state index in [1.54, 1.807) is 14.2 Å². The number of hydrogen-bond donors (Lipinski definition) is 1. The molecule has 0 saturated heterocycles. The van der Waals surface area contributed by atoms with E-state index in [4.69, 9.17) is 23.7 Å². The van der Waals surface area contributed by atoms with Crippen molar-refractivity contribution in [2.75, 3.05) is 40.5 Å². The van der Waals surface area contributed by atoms with Crippen molar-refractivity contribution in [3.05, 3.63) is 54.6 Å². The molecule has 30 heavy (non-hydrogen) atoms. The first-order valence-electron chi connectivity index (χ1n) is 9.65. The topological polar surface area (TPSA) is 58.2 Å². The molecule has 6 nitrogen and oxygen atoms in total. The third kappa shape index (κ3) is 4.83. The molecule has 0 amide bonds. The van der Waals surface area contributed by atoms with Gasteiger partial charge in [-0.1, -0.05) is 30.3 Å². The molecule has 0 unspecified atom stereocenters. The van der Waals surface area contributed by atoms with Gasteiger partial charge in [-0.2, -0.15) is 0 Å². The highest BCUT2D eigenvalue weighted by atomic mass is 35.5. The van der Waals surface area contributed by atoms with Gasteiger partial charge in [-0.25, -0.2) is 0 Å². The molecule has 0 spiro atoms. The summed E-state index contributed by atoms with van der Waals surface area (Å²) in [5.41, 5.74) is 0. The number of hydrogen-bond acceptors (Lipinski definition) is 6. The lowest BCUT2D eigenvalue weighted by Gasteiger charge is -2.27. The Hall–Kier alpha value is -2.83. The minimum Gasteiger partial charge on any atom is -0.493 e. The lowest BCUT2D eigenvalue weighted by molar-refractivity contribution is 0.0900. The maximum Gasteiger partial charge on any atom is 0.203 e. The van der Waals surface area contributed by atoms with Crippen molar-refractivity contribution in [1.29, 1.82) is 0 Å². The average Bonchev–Trinajstić information content (AvgIpc) is 2.77. The van der Waals surface area contributed by atoms with Crippen LogP contribution in [0.5, 0.6) is 28.7 Å². The number of halogens is 1. The number of benzene rings is 3. The fraction of sp³-hybridized carbons (Fsp3) is 0.304. The van der Waals surface area contributed by atoms with Crippen LogP contribution in [0.25, 0.3) is 10.8 Å². The highest BCUT2D eigenvalue weighted by Gasteiger charge is 2.21. The number of rotatable bonds is 8. The molecule has 1 aliphatic rings. The predicted molar refractivity (Wildman–Crippen MR) is 119 cm³/mol. The lowest BCUT2D eigenvalue weighted by atomic mass is 10.1. The molecule has 3 aromatic rings. The monoisotopic (exact) mass is 431 g/mol. The average molecular weight is 432 g/mol. The van der Waals surface area contributed by atoms with Gasteiger partial charge in [0.1, 0.15) is 19.3 Å². The van der Waals surface area contributed by atoms with E-state index < -0.39 is 0 Å². The van der Waals surface area contributed by atoms with Crippen LogP contribution in [-0.4, -0.2) is 46.6 Å². The number of ether oxygens (including phenoxy) is 5. The van der Waals surface area contributed by atoms with Crippen molar-refractivity contribution in [3.8, 4) is 28.7 Å². The van der Waals surface area contributed by atoms with Gasteiger partial charge in [0.2, 0.25) is 5.75 Å². The van der Waals surface area contributed by atoms with Gasteiger partial charge in [-0.3, -0.25) is 0 Å². The second kappa shape index (κ2) is 10.3. The second-order valence-electron chi connectivity index (χ2n) is 6.74. The highest BCUT2D eigenvalue weighted by Crippen LogP contribution is 2.37. The molecule has 4 rings (SSSR count). The Kier molecular flexibility index (Phi) is 7.49. The first kappa shape index (κ1) is 21.9. The zero-order chi connectivity index (χ0) is 20.1. The molecule has 0 fully saturated rings. The van der Waals surface area contributed by atoms with Gasteiger partial charge in [0.25, 0.3) is 0 Å². The molecule has 1 aliphatic heterocycles. The molecule has 0 radical (unpaired) electrons. The quantitative estimate of drug-likeness (QED) is 0.542. The summed E-state index contributed by atoms with van der Waals surface area (Å²) in [6.45, 7) is 2.31. The van der Waals surface area contributed by atoms with Crippen molar-refractivity contribution in [2.24, 2.45) is 0 Å². The van der Waals surface area contributed by atoms with Crippen LogP contribution in [0.1, 0.15) is 0 Å². The highest BCUT2D eigenvalue weighted by molar-refractivity contribution is 5.86. The zero-order valence-corrected chi connectivity index (χ0v) is 17.9. The summed E-state index contributed by atoms with van der Waals surface area (Å²) in [6.07, 6.45) is -0.0514. The van der Waals surface area contributed by atoms with Crippen molar-refractivity contribution >= 4 is 23.2 Å². The van der Waals surface area contributed by atoms with Crippen LogP contribution in [-0.2, 0) is 0 Å². The third-order valence-corrected chi connectivity index (χ3v) is 4.81. The van der Waals surface area contributed by atoms with Crippen molar-refractivity contribution in [1.82, 2.24) is 5.32 Å². The van der Waals surface area contributed by atoms with Crippen LogP contribution in [0, 0.1) is 0 Å². The van der Waals surface area contributed by atoms with E-state index in [0.717, 1.165) is 22.3 Å². The number of fused-ring (bicyclic) bond motifs is 2. The van der Waals surface area contributed by atoms with Gasteiger partial charge in [0, 0.05) is 13.1 Å². The Labute approximate surface area is 182 Å². The number of para-hydroxylation sites is 1. The van der Waals surface area contributed by atoms with Gasteiger partial charge >= 0.3 is 0 Å². The molecule has 1 N–H and O–H groups in total. The van der Waals surface area contributed by atoms with Gasteiger partial charge in [0.05, 0.1) is 14.2 Å². The standard InChI is InChI=1S/C23H25NO5.ClH/c1-25-19-8-5-9-20(26-2)23(19)27-11-10-24-14-18-15-28-21-12-16-6-3-4-7-17(16)13-22(21)29-18;/h3-9,12-13,18,24H,10-11,14-15H2,1-2H3;1H/t18-;/m0./s1. The van der Waals surface area contributed by atoms with E-state index in [-0.39, 0.29) is 18.5 Å². The molecular formula is C23H26ClNO5. The number of methoxy groups -OCH3 is 2. The van der Waals surface area contributed by atoms with Crippen LogP contribution >= 0.6 is 12.4 Å². The van der Waals surface area contributed by atoms with E-state index in [2.05, 4.69) is 17.4 Å². The smallest absolute Gasteiger partial charge is 0.203 e. The summed E-state index contributed by atoms with van der Waals surface area (Å²) in [5, 5.41) is 5.65. The fourth-order valence-electron chi connectivity index (χ4n) is 3.35. The van der Waals surface area contributed by atoms with Crippen LogP contribution < -0.4 is 29.0 Å². The molecule has 1 atom stereocenters. The molecule has 3 aromatic carbocycles. The largest absolute Gasteiger partial charge is 0.493 e. The molecule has 1 heterocycles. The summed E-state index contributed by atoms with van der Waals surface area (Å²) in [7, 11) is 3.22. The third-order valence-electron chi connectivity index (χ3n) is 4.81. The Bertz CT molecular complexity index is 959. The maximum atomic E-state index is 6.11. The molecule has 0 aromatic heterocycles. The van der Waals surface area contributed by atoms with E-state index in [1.165, 1.54) is 0 Å². The first-order valence-corrected chi connectivity index (χ1v) is 9.65. The second-order valence-corrected chi connectivity index (χ2v) is 6.74. The summed E-state index contributed by atoms with van der Waals surface area (Å²) in [4.78, 5) is 0. The molecule has 160 valence electrons. The van der Waals surface area contributed by atoms with Crippen molar-refractivity contribution in [2.45, 2.75) is 6.10 Å². The van der Waals surface area contributed by atoms with E-state index in [1.807, 2.05) is 42.5 Å². The van der Waals surface area contributed by atoms with Crippen LogP contribution in [0.4, 0.5) is 0 Å².